The van der Waals surface area contributed by atoms with Crippen molar-refractivity contribution >= 4 is 53.4 Å². The van der Waals surface area contributed by atoms with E-state index in [-0.39, 0.29) is 27.1 Å². The largest absolute Gasteiger partial charge is 0.495 e. The molecule has 0 saturated carbocycles. The Bertz CT molecular complexity index is 1560. The highest BCUT2D eigenvalue weighted by Gasteiger charge is 2.33. The number of fused-ring (bicyclic) bond motifs is 2. The Kier molecular flexibility index (Phi) is 6.64. The summed E-state index contributed by atoms with van der Waals surface area (Å²) in [7, 11) is 1.07. The number of hydrogen-bond donors (Lipinski definition) is 0. The first kappa shape index (κ1) is 25.5. The summed E-state index contributed by atoms with van der Waals surface area (Å²) in [6, 6.07) is 1.78. The first-order valence-corrected chi connectivity index (χ1v) is 11.2. The Morgan fingerprint density at radius 2 is 0.971 bits per heavy atom. The quantitative estimate of drug-likeness (QED) is 0.128. The fourth-order valence-corrected chi connectivity index (χ4v) is 5.00. The van der Waals surface area contributed by atoms with E-state index < -0.39 is 79.2 Å². The molecule has 4 rings (SSSR count). The van der Waals surface area contributed by atoms with E-state index in [4.69, 9.17) is 9.47 Å². The summed E-state index contributed by atoms with van der Waals surface area (Å²) < 4.78 is 127. The summed E-state index contributed by atoms with van der Waals surface area (Å²) in [5.74, 6) is -16.7. The van der Waals surface area contributed by atoms with Crippen LogP contribution in [0.2, 0.25) is 0 Å². The van der Waals surface area contributed by atoms with E-state index >= 15 is 8.78 Å². The number of rotatable bonds is 4. The van der Waals surface area contributed by atoms with Crippen molar-refractivity contribution in [3.8, 4) is 22.6 Å². The molecule has 0 spiro atoms. The van der Waals surface area contributed by atoms with E-state index in [1.807, 2.05) is 0 Å². The van der Waals surface area contributed by atoms with Crippen molar-refractivity contribution < 1.29 is 44.6 Å². The van der Waals surface area contributed by atoms with Crippen molar-refractivity contribution in [1.82, 2.24) is 0 Å². The molecule has 0 fully saturated rings. The summed E-state index contributed by atoms with van der Waals surface area (Å²) in [5, 5.41) is -3.48. The lowest BCUT2D eigenvalue weighted by Crippen LogP contribution is -2.06. The van der Waals surface area contributed by atoms with E-state index in [1.54, 1.807) is 0 Å². The van der Waals surface area contributed by atoms with Crippen molar-refractivity contribution in [3.63, 3.8) is 0 Å². The zero-order valence-electron chi connectivity index (χ0n) is 17.5. The molecule has 2 nitrogen and oxygen atoms in total. The standard InChI is InChI=1S/C23H10Br2F8O2/c1-3-35-23-9(25)5-7-11(17(29)21(33)19(31)15(7)27)13(23)12-10-6(4-8(24)22(12)34-2)14(26)18(30)20(32)16(10)28/h4-5H,3H2,1-2H3. The van der Waals surface area contributed by atoms with Crippen LogP contribution >= 0.6 is 31.9 Å². The van der Waals surface area contributed by atoms with E-state index in [0.717, 1.165) is 19.2 Å². The molecule has 12 heteroatoms. The third-order valence-electron chi connectivity index (χ3n) is 5.28. The second-order valence-corrected chi connectivity index (χ2v) is 8.83. The summed E-state index contributed by atoms with van der Waals surface area (Å²) in [4.78, 5) is 0. The molecule has 0 aliphatic carbocycles. The number of halogens is 10. The van der Waals surface area contributed by atoms with Gasteiger partial charge >= 0.3 is 0 Å². The Balaban J connectivity index is 2.44. The molecule has 0 unspecified atom stereocenters. The normalized spacial score (nSPS) is 11.5. The van der Waals surface area contributed by atoms with E-state index in [1.165, 1.54) is 6.92 Å². The highest BCUT2D eigenvalue weighted by molar-refractivity contribution is 9.11. The monoisotopic (exact) mass is 628 g/mol. The minimum Gasteiger partial charge on any atom is -0.495 e. The van der Waals surface area contributed by atoms with Crippen molar-refractivity contribution in [1.29, 1.82) is 0 Å². The maximum Gasteiger partial charge on any atom is 0.198 e. The van der Waals surface area contributed by atoms with Crippen molar-refractivity contribution in [3.05, 3.63) is 67.6 Å². The van der Waals surface area contributed by atoms with Gasteiger partial charge in [0.1, 0.15) is 11.5 Å². The van der Waals surface area contributed by atoms with Gasteiger partial charge in [0.25, 0.3) is 0 Å². The van der Waals surface area contributed by atoms with Gasteiger partial charge in [0, 0.05) is 32.7 Å². The maximum absolute atomic E-state index is 15.2. The number of hydrogen-bond acceptors (Lipinski definition) is 2. The van der Waals surface area contributed by atoms with Gasteiger partial charge in [0.15, 0.2) is 46.5 Å². The zero-order chi connectivity index (χ0) is 25.9. The molecule has 4 aromatic rings. The smallest absolute Gasteiger partial charge is 0.198 e. The Morgan fingerprint density at radius 3 is 1.37 bits per heavy atom. The second kappa shape index (κ2) is 9.12. The van der Waals surface area contributed by atoms with Crippen LogP contribution in [-0.4, -0.2) is 13.7 Å². The van der Waals surface area contributed by atoms with Gasteiger partial charge in [0.05, 0.1) is 22.7 Å². The van der Waals surface area contributed by atoms with E-state index in [9.17, 15) is 26.3 Å². The predicted molar refractivity (Wildman–Crippen MR) is 120 cm³/mol. The Hall–Kier alpha value is -2.60. The lowest BCUT2D eigenvalue weighted by Gasteiger charge is -2.22. The van der Waals surface area contributed by atoms with Gasteiger partial charge in [-0.1, -0.05) is 0 Å². The van der Waals surface area contributed by atoms with Crippen molar-refractivity contribution in [2.24, 2.45) is 0 Å². The van der Waals surface area contributed by atoms with Crippen LogP contribution in [0.5, 0.6) is 11.5 Å². The molecule has 35 heavy (non-hydrogen) atoms. The molecule has 0 amide bonds. The molecule has 184 valence electrons. The van der Waals surface area contributed by atoms with E-state index in [2.05, 4.69) is 31.9 Å². The van der Waals surface area contributed by atoms with Crippen LogP contribution in [0, 0.1) is 46.5 Å². The topological polar surface area (TPSA) is 18.5 Å². The van der Waals surface area contributed by atoms with Crippen LogP contribution in [0.1, 0.15) is 6.92 Å². The summed E-state index contributed by atoms with van der Waals surface area (Å²) in [6.45, 7) is 1.38. The van der Waals surface area contributed by atoms with Gasteiger partial charge in [-0.05, 0) is 50.9 Å². The lowest BCUT2D eigenvalue weighted by molar-refractivity contribution is 0.339. The molecule has 0 aliphatic heterocycles. The third-order valence-corrected chi connectivity index (χ3v) is 6.46. The van der Waals surface area contributed by atoms with Crippen LogP contribution in [0.3, 0.4) is 0 Å². The van der Waals surface area contributed by atoms with Gasteiger partial charge < -0.3 is 9.47 Å². The number of ether oxygens (including phenoxy) is 2. The van der Waals surface area contributed by atoms with Gasteiger partial charge in [-0.3, -0.25) is 0 Å². The molecule has 4 aromatic carbocycles. The van der Waals surface area contributed by atoms with E-state index in [0.29, 0.717) is 0 Å². The third kappa shape index (κ3) is 3.64. The first-order chi connectivity index (χ1) is 16.5. The molecule has 0 saturated heterocycles. The highest BCUT2D eigenvalue weighted by atomic mass is 79.9. The fourth-order valence-electron chi connectivity index (χ4n) is 3.87. The van der Waals surface area contributed by atoms with Crippen LogP contribution in [0.25, 0.3) is 32.7 Å². The molecule has 0 aliphatic rings. The molecule has 0 heterocycles. The van der Waals surface area contributed by atoms with Crippen LogP contribution in [0.4, 0.5) is 35.1 Å². The molecule has 0 radical (unpaired) electrons. The highest BCUT2D eigenvalue weighted by Crippen LogP contribution is 2.53. The summed E-state index contributed by atoms with van der Waals surface area (Å²) in [6.07, 6.45) is 0. The van der Waals surface area contributed by atoms with Gasteiger partial charge in [-0.25, -0.2) is 35.1 Å². The fraction of sp³-hybridized carbons (Fsp3) is 0.130. The summed E-state index contributed by atoms with van der Waals surface area (Å²) in [5.41, 5.74) is -1.26. The van der Waals surface area contributed by atoms with Crippen LogP contribution in [-0.2, 0) is 0 Å². The molecule has 0 atom stereocenters. The average Bonchev–Trinajstić information content (AvgIpc) is 2.83. The molecule has 0 bridgehead atoms. The minimum atomic E-state index is -2.19. The van der Waals surface area contributed by atoms with Gasteiger partial charge in [0.2, 0.25) is 0 Å². The Morgan fingerprint density at radius 1 is 0.600 bits per heavy atom. The predicted octanol–water partition coefficient (Wildman–Crippen LogP) is 8.71. The second-order valence-electron chi connectivity index (χ2n) is 7.12. The van der Waals surface area contributed by atoms with Crippen LogP contribution < -0.4 is 9.47 Å². The molecule has 0 N–H and O–H groups in total. The van der Waals surface area contributed by atoms with Crippen LogP contribution in [0.15, 0.2) is 21.1 Å². The zero-order valence-corrected chi connectivity index (χ0v) is 20.6. The minimum absolute atomic E-state index is 0.112. The summed E-state index contributed by atoms with van der Waals surface area (Å²) >= 11 is 6.12. The maximum atomic E-state index is 15.2. The molecular weight excluding hydrogens is 620 g/mol. The number of benzene rings is 4. The molecule has 0 aromatic heterocycles. The lowest BCUT2D eigenvalue weighted by atomic mass is 9.91. The Labute approximate surface area is 208 Å². The van der Waals surface area contributed by atoms with Crippen molar-refractivity contribution in [2.75, 3.05) is 13.7 Å². The SMILES string of the molecule is CCOc1c(Br)cc2c(F)c(F)c(F)c(F)c2c1-c1c(OC)c(Br)cc2c(F)c(F)c(F)c(F)c12. The first-order valence-electron chi connectivity index (χ1n) is 9.61. The number of methoxy groups -OCH3 is 1. The van der Waals surface area contributed by atoms with Gasteiger partial charge in [-0.2, -0.15) is 0 Å². The molecular formula is C23H10Br2F8O2. The average molecular weight is 630 g/mol. The van der Waals surface area contributed by atoms with Crippen molar-refractivity contribution in [2.45, 2.75) is 6.92 Å². The van der Waals surface area contributed by atoms with Gasteiger partial charge in [-0.15, -0.1) is 0 Å².